The highest BCUT2D eigenvalue weighted by Gasteiger charge is 2.05. The summed E-state index contributed by atoms with van der Waals surface area (Å²) >= 11 is 1.74. The molecule has 1 unspecified atom stereocenters. The smallest absolute Gasteiger partial charge is 0.185 e. The van der Waals surface area contributed by atoms with Crippen LogP contribution in [0.15, 0.2) is 6.20 Å². The minimum atomic E-state index is 0. The van der Waals surface area contributed by atoms with Crippen molar-refractivity contribution in [3.63, 3.8) is 0 Å². The van der Waals surface area contributed by atoms with Crippen molar-refractivity contribution in [2.75, 3.05) is 39.6 Å². The predicted octanol–water partition coefficient (Wildman–Crippen LogP) is 1.67. The first-order chi connectivity index (χ1) is 7.50. The lowest BCUT2D eigenvalue weighted by atomic mass is 10.3. The van der Waals surface area contributed by atoms with E-state index in [0.717, 1.165) is 18.2 Å². The van der Waals surface area contributed by atoms with Crippen molar-refractivity contribution in [2.45, 2.75) is 19.5 Å². The second kappa shape index (κ2) is 7.87. The molecule has 0 aliphatic heterocycles. The highest BCUT2D eigenvalue weighted by atomic mass is 35.5. The molecule has 4 nitrogen and oxygen atoms in total. The van der Waals surface area contributed by atoms with Crippen LogP contribution in [0.3, 0.4) is 0 Å². The van der Waals surface area contributed by atoms with Crippen LogP contribution < -0.4 is 10.2 Å². The molecule has 0 saturated carbocycles. The Hall–Kier alpha value is -0.360. The van der Waals surface area contributed by atoms with E-state index in [-0.39, 0.29) is 12.4 Å². The molecule has 1 aromatic heterocycles. The number of hydrogen-bond donors (Lipinski definition) is 1. The average Bonchev–Trinajstić information content (AvgIpc) is 2.66. The molecule has 0 spiro atoms. The number of thiazole rings is 1. The van der Waals surface area contributed by atoms with Crippen molar-refractivity contribution in [2.24, 2.45) is 0 Å². The van der Waals surface area contributed by atoms with Gasteiger partial charge in [-0.3, -0.25) is 0 Å². The van der Waals surface area contributed by atoms with Crippen molar-refractivity contribution in [1.82, 2.24) is 15.2 Å². The molecule has 0 aromatic carbocycles. The summed E-state index contributed by atoms with van der Waals surface area (Å²) in [5, 5.41) is 4.51. The number of hydrogen-bond acceptors (Lipinski definition) is 5. The molecule has 0 saturated heterocycles. The Morgan fingerprint density at radius 3 is 2.47 bits per heavy atom. The van der Waals surface area contributed by atoms with Crippen LogP contribution in [0.4, 0.5) is 5.13 Å². The first-order valence-electron chi connectivity index (χ1n) is 5.50. The number of anilines is 1. The summed E-state index contributed by atoms with van der Waals surface area (Å²) < 4.78 is 0. The number of nitrogens with one attached hydrogen (secondary N) is 1. The van der Waals surface area contributed by atoms with Gasteiger partial charge in [0.2, 0.25) is 0 Å². The molecule has 0 aliphatic carbocycles. The first kappa shape index (κ1) is 16.6. The van der Waals surface area contributed by atoms with Crippen LogP contribution in [0.5, 0.6) is 0 Å². The van der Waals surface area contributed by atoms with Crippen LogP contribution in [0, 0.1) is 0 Å². The molecule has 1 atom stereocenters. The summed E-state index contributed by atoms with van der Waals surface area (Å²) in [6.45, 7) is 4.12. The Bertz CT molecular complexity index is 314. The molecule has 100 valence electrons. The summed E-state index contributed by atoms with van der Waals surface area (Å²) in [4.78, 5) is 9.88. The zero-order chi connectivity index (χ0) is 12.1. The molecule has 1 aromatic rings. The lowest BCUT2D eigenvalue weighted by Crippen LogP contribution is -2.34. The van der Waals surface area contributed by atoms with E-state index in [2.05, 4.69) is 36.2 Å². The van der Waals surface area contributed by atoms with Crippen molar-refractivity contribution < 1.29 is 0 Å². The molecule has 0 bridgehead atoms. The molecule has 0 amide bonds. The monoisotopic (exact) mass is 278 g/mol. The highest BCUT2D eigenvalue weighted by Crippen LogP contribution is 2.19. The Kier molecular flexibility index (Phi) is 7.70. The van der Waals surface area contributed by atoms with Gasteiger partial charge in [-0.1, -0.05) is 0 Å². The third-order valence-electron chi connectivity index (χ3n) is 2.54. The van der Waals surface area contributed by atoms with Crippen molar-refractivity contribution >= 4 is 28.9 Å². The lowest BCUT2D eigenvalue weighted by Gasteiger charge is -2.19. The lowest BCUT2D eigenvalue weighted by molar-refractivity contribution is 0.303. The van der Waals surface area contributed by atoms with Crippen LogP contribution in [0.1, 0.15) is 11.8 Å². The minimum absolute atomic E-state index is 0. The summed E-state index contributed by atoms with van der Waals surface area (Å²) in [5.74, 6) is 0. The van der Waals surface area contributed by atoms with E-state index < -0.39 is 0 Å². The van der Waals surface area contributed by atoms with E-state index in [0.29, 0.717) is 6.04 Å². The SMILES string of the molecule is CC(CNCc1cnc(N(C)C)s1)N(C)C.Cl. The Morgan fingerprint density at radius 1 is 1.35 bits per heavy atom. The third kappa shape index (κ3) is 5.68. The van der Waals surface area contributed by atoms with Gasteiger partial charge in [-0.15, -0.1) is 23.7 Å². The molecule has 0 aliphatic rings. The number of rotatable bonds is 6. The summed E-state index contributed by atoms with van der Waals surface area (Å²) in [6.07, 6.45) is 1.95. The topological polar surface area (TPSA) is 31.4 Å². The molecule has 1 rings (SSSR count). The Morgan fingerprint density at radius 2 is 2.00 bits per heavy atom. The van der Waals surface area contributed by atoms with Crippen molar-refractivity contribution in [3.8, 4) is 0 Å². The van der Waals surface area contributed by atoms with Gasteiger partial charge in [-0.25, -0.2) is 4.98 Å². The summed E-state index contributed by atoms with van der Waals surface area (Å²) in [5.41, 5.74) is 0. The van der Waals surface area contributed by atoms with Gasteiger partial charge in [0.15, 0.2) is 5.13 Å². The van der Waals surface area contributed by atoms with Gasteiger partial charge in [0.25, 0.3) is 0 Å². The number of halogens is 1. The zero-order valence-electron chi connectivity index (χ0n) is 11.2. The second-order valence-electron chi connectivity index (χ2n) is 4.45. The maximum absolute atomic E-state index is 4.34. The summed E-state index contributed by atoms with van der Waals surface area (Å²) in [7, 11) is 8.24. The van der Waals surface area contributed by atoms with E-state index >= 15 is 0 Å². The van der Waals surface area contributed by atoms with Crippen LogP contribution in [-0.2, 0) is 6.54 Å². The molecule has 1 N–H and O–H groups in total. The van der Waals surface area contributed by atoms with Gasteiger partial charge in [-0.2, -0.15) is 0 Å². The van der Waals surface area contributed by atoms with Gasteiger partial charge >= 0.3 is 0 Å². The largest absolute Gasteiger partial charge is 0.354 e. The van der Waals surface area contributed by atoms with E-state index in [9.17, 15) is 0 Å². The molecule has 0 radical (unpaired) electrons. The maximum atomic E-state index is 4.34. The van der Waals surface area contributed by atoms with Gasteiger partial charge in [0.1, 0.15) is 0 Å². The van der Waals surface area contributed by atoms with Crippen LogP contribution in [0.25, 0.3) is 0 Å². The van der Waals surface area contributed by atoms with E-state index in [1.54, 1.807) is 11.3 Å². The van der Waals surface area contributed by atoms with E-state index in [1.807, 2.05) is 25.2 Å². The highest BCUT2D eigenvalue weighted by molar-refractivity contribution is 7.15. The predicted molar refractivity (Wildman–Crippen MR) is 78.5 cm³/mol. The summed E-state index contributed by atoms with van der Waals surface area (Å²) in [6, 6.07) is 0.557. The standard InChI is InChI=1S/C11H22N4S.ClH/c1-9(14(2)3)6-12-7-10-8-13-11(16-10)15(4)5;/h8-9,12H,6-7H2,1-5H3;1H. The van der Waals surface area contributed by atoms with E-state index in [4.69, 9.17) is 0 Å². The number of aromatic nitrogens is 1. The fourth-order valence-electron chi connectivity index (χ4n) is 1.17. The van der Waals surface area contributed by atoms with Crippen LogP contribution in [-0.4, -0.2) is 50.7 Å². The minimum Gasteiger partial charge on any atom is -0.354 e. The zero-order valence-corrected chi connectivity index (χ0v) is 12.9. The van der Waals surface area contributed by atoms with Gasteiger partial charge in [-0.05, 0) is 21.0 Å². The Balaban J connectivity index is 0.00000256. The maximum Gasteiger partial charge on any atom is 0.185 e. The molecular weight excluding hydrogens is 256 g/mol. The molecule has 0 fully saturated rings. The fraction of sp³-hybridized carbons (Fsp3) is 0.727. The van der Waals surface area contributed by atoms with Crippen LogP contribution >= 0.6 is 23.7 Å². The molecule has 17 heavy (non-hydrogen) atoms. The van der Waals surface area contributed by atoms with Gasteiger partial charge in [0.05, 0.1) is 0 Å². The average molecular weight is 279 g/mol. The normalized spacial score (nSPS) is 12.4. The second-order valence-corrected chi connectivity index (χ2v) is 5.54. The number of nitrogens with zero attached hydrogens (tertiary/aromatic N) is 3. The van der Waals surface area contributed by atoms with Crippen LogP contribution in [0.2, 0.25) is 0 Å². The van der Waals surface area contributed by atoms with E-state index in [1.165, 1.54) is 4.88 Å². The Labute approximate surface area is 114 Å². The van der Waals surface area contributed by atoms with Crippen molar-refractivity contribution in [3.05, 3.63) is 11.1 Å². The molecular formula is C11H23ClN4S. The van der Waals surface area contributed by atoms with Crippen molar-refractivity contribution in [1.29, 1.82) is 0 Å². The molecule has 6 heteroatoms. The fourth-order valence-corrected chi connectivity index (χ4v) is 1.97. The third-order valence-corrected chi connectivity index (χ3v) is 3.71. The van der Waals surface area contributed by atoms with Gasteiger partial charge < -0.3 is 15.1 Å². The van der Waals surface area contributed by atoms with Gasteiger partial charge in [0, 0.05) is 44.3 Å². The quantitative estimate of drug-likeness (QED) is 0.858. The number of likely N-dealkylation sites (N-methyl/N-ethyl adjacent to an activating group) is 1. The molecule has 1 heterocycles. The first-order valence-corrected chi connectivity index (χ1v) is 6.31.